The third-order valence-corrected chi connectivity index (χ3v) is 5.56. The number of anilines is 1. The molecule has 0 spiro atoms. The molecule has 5 heteroatoms. The van der Waals surface area contributed by atoms with Crippen LogP contribution >= 0.6 is 0 Å². The molecule has 0 atom stereocenters. The van der Waals surface area contributed by atoms with E-state index in [-0.39, 0.29) is 4.90 Å². The van der Waals surface area contributed by atoms with E-state index in [1.165, 1.54) is 11.4 Å². The van der Waals surface area contributed by atoms with Crippen LogP contribution in [0.3, 0.4) is 0 Å². The molecular formula is C16H17NO3S. The highest BCUT2D eigenvalue weighted by Gasteiger charge is 2.30. The lowest BCUT2D eigenvalue weighted by Crippen LogP contribution is -2.35. The minimum atomic E-state index is -3.61. The number of benzene rings is 2. The summed E-state index contributed by atoms with van der Waals surface area (Å²) < 4.78 is 32.6. The van der Waals surface area contributed by atoms with Gasteiger partial charge in [-0.05, 0) is 36.6 Å². The van der Waals surface area contributed by atoms with Crippen molar-refractivity contribution < 1.29 is 13.2 Å². The number of para-hydroxylation sites is 2. The van der Waals surface area contributed by atoms with Crippen molar-refractivity contribution in [1.82, 2.24) is 0 Å². The first-order chi connectivity index (χ1) is 10.1. The summed E-state index contributed by atoms with van der Waals surface area (Å²) in [6, 6.07) is 14.4. The molecule has 0 fully saturated rings. The Kier molecular flexibility index (Phi) is 3.59. The van der Waals surface area contributed by atoms with E-state index >= 15 is 0 Å². The quantitative estimate of drug-likeness (QED) is 0.876. The summed E-state index contributed by atoms with van der Waals surface area (Å²) in [6.07, 6.45) is 1.74. The van der Waals surface area contributed by atoms with Gasteiger partial charge in [-0.1, -0.05) is 30.3 Å². The Morgan fingerprint density at radius 1 is 1.05 bits per heavy atom. The molecule has 110 valence electrons. The highest BCUT2D eigenvalue weighted by atomic mass is 32.2. The van der Waals surface area contributed by atoms with E-state index in [4.69, 9.17) is 4.74 Å². The van der Waals surface area contributed by atoms with Gasteiger partial charge in [-0.25, -0.2) is 8.42 Å². The standard InChI is InChI=1S/C16H17NO3S/c1-20-15-10-4-5-11-16(15)21(18,19)17-12-6-8-13-7-2-3-9-14(13)17/h2-5,7,9-11H,6,8,12H2,1H3. The van der Waals surface area contributed by atoms with Gasteiger partial charge in [0.25, 0.3) is 10.0 Å². The monoisotopic (exact) mass is 303 g/mol. The van der Waals surface area contributed by atoms with Crippen molar-refractivity contribution in [1.29, 1.82) is 0 Å². The fourth-order valence-corrected chi connectivity index (χ4v) is 4.40. The van der Waals surface area contributed by atoms with E-state index in [2.05, 4.69) is 0 Å². The van der Waals surface area contributed by atoms with Gasteiger partial charge in [-0.15, -0.1) is 0 Å². The zero-order chi connectivity index (χ0) is 14.9. The largest absolute Gasteiger partial charge is 0.495 e. The molecule has 0 aliphatic carbocycles. The predicted molar refractivity (Wildman–Crippen MR) is 82.3 cm³/mol. The van der Waals surface area contributed by atoms with Gasteiger partial charge in [-0.3, -0.25) is 4.31 Å². The molecule has 0 bridgehead atoms. The Morgan fingerprint density at radius 3 is 2.57 bits per heavy atom. The lowest BCUT2D eigenvalue weighted by Gasteiger charge is -2.30. The van der Waals surface area contributed by atoms with Crippen molar-refractivity contribution in [2.45, 2.75) is 17.7 Å². The second-order valence-electron chi connectivity index (χ2n) is 4.96. The summed E-state index contributed by atoms with van der Waals surface area (Å²) >= 11 is 0. The van der Waals surface area contributed by atoms with Crippen molar-refractivity contribution in [2.75, 3.05) is 18.0 Å². The van der Waals surface area contributed by atoms with Crippen LogP contribution in [0, 0.1) is 0 Å². The van der Waals surface area contributed by atoms with Gasteiger partial charge >= 0.3 is 0 Å². The average Bonchev–Trinajstić information content (AvgIpc) is 2.54. The van der Waals surface area contributed by atoms with Crippen LogP contribution < -0.4 is 9.04 Å². The van der Waals surface area contributed by atoms with Crippen LogP contribution in [0.1, 0.15) is 12.0 Å². The maximum atomic E-state index is 13.0. The van der Waals surface area contributed by atoms with Gasteiger partial charge in [0.2, 0.25) is 0 Å². The molecule has 2 aromatic carbocycles. The van der Waals surface area contributed by atoms with Gasteiger partial charge in [0.15, 0.2) is 0 Å². The summed E-state index contributed by atoms with van der Waals surface area (Å²) in [6.45, 7) is 0.497. The van der Waals surface area contributed by atoms with Crippen molar-refractivity contribution in [3.8, 4) is 5.75 Å². The SMILES string of the molecule is COc1ccccc1S(=O)(=O)N1CCCc2ccccc21. The molecule has 2 aromatic rings. The first-order valence-corrected chi connectivity index (χ1v) is 8.32. The van der Waals surface area contributed by atoms with Gasteiger partial charge in [0.05, 0.1) is 12.8 Å². The topological polar surface area (TPSA) is 46.6 Å². The zero-order valence-electron chi connectivity index (χ0n) is 11.8. The molecule has 0 saturated carbocycles. The van der Waals surface area contributed by atoms with Crippen LogP contribution in [0.4, 0.5) is 5.69 Å². The fraction of sp³-hybridized carbons (Fsp3) is 0.250. The zero-order valence-corrected chi connectivity index (χ0v) is 12.6. The fourth-order valence-electron chi connectivity index (χ4n) is 2.70. The van der Waals surface area contributed by atoms with Crippen LogP contribution in [0.15, 0.2) is 53.4 Å². The first kappa shape index (κ1) is 13.9. The maximum absolute atomic E-state index is 13.0. The highest BCUT2D eigenvalue weighted by Crippen LogP contribution is 2.34. The van der Waals surface area contributed by atoms with Crippen molar-refractivity contribution in [3.63, 3.8) is 0 Å². The van der Waals surface area contributed by atoms with Gasteiger partial charge in [-0.2, -0.15) is 0 Å². The summed E-state index contributed by atoms with van der Waals surface area (Å²) in [5, 5.41) is 0. The molecule has 4 nitrogen and oxygen atoms in total. The number of rotatable bonds is 3. The van der Waals surface area contributed by atoms with Crippen LogP contribution in [0.5, 0.6) is 5.75 Å². The number of aryl methyl sites for hydroxylation is 1. The van der Waals surface area contributed by atoms with Crippen LogP contribution in [0.25, 0.3) is 0 Å². The van der Waals surface area contributed by atoms with Gasteiger partial charge < -0.3 is 4.74 Å². The minimum Gasteiger partial charge on any atom is -0.495 e. The number of nitrogens with zero attached hydrogens (tertiary/aromatic N) is 1. The molecule has 3 rings (SSSR count). The second-order valence-corrected chi connectivity index (χ2v) is 6.79. The molecule has 0 radical (unpaired) electrons. The Labute approximate surface area is 125 Å². The van der Waals surface area contributed by atoms with Gasteiger partial charge in [0.1, 0.15) is 10.6 Å². The lowest BCUT2D eigenvalue weighted by molar-refractivity contribution is 0.402. The lowest BCUT2D eigenvalue weighted by atomic mass is 10.0. The molecule has 21 heavy (non-hydrogen) atoms. The van der Waals surface area contributed by atoms with E-state index in [9.17, 15) is 8.42 Å². The van der Waals surface area contributed by atoms with Crippen molar-refractivity contribution >= 4 is 15.7 Å². The van der Waals surface area contributed by atoms with E-state index < -0.39 is 10.0 Å². The number of methoxy groups -OCH3 is 1. The van der Waals surface area contributed by atoms with Crippen LogP contribution in [-0.2, 0) is 16.4 Å². The van der Waals surface area contributed by atoms with E-state index in [1.807, 2.05) is 24.3 Å². The third-order valence-electron chi connectivity index (χ3n) is 3.70. The summed E-state index contributed by atoms with van der Waals surface area (Å²) in [5.41, 5.74) is 1.84. The predicted octanol–water partition coefficient (Wildman–Crippen LogP) is 2.84. The van der Waals surface area contributed by atoms with Gasteiger partial charge in [0, 0.05) is 6.54 Å². The van der Waals surface area contributed by atoms with Crippen molar-refractivity contribution in [2.24, 2.45) is 0 Å². The molecule has 1 aliphatic heterocycles. The first-order valence-electron chi connectivity index (χ1n) is 6.88. The summed E-state index contributed by atoms with van der Waals surface area (Å²) in [7, 11) is -2.13. The minimum absolute atomic E-state index is 0.212. The Bertz CT molecular complexity index is 756. The summed E-state index contributed by atoms with van der Waals surface area (Å²) in [4.78, 5) is 0.212. The van der Waals surface area contributed by atoms with Crippen LogP contribution in [0.2, 0.25) is 0 Å². The Morgan fingerprint density at radius 2 is 1.76 bits per heavy atom. The Balaban J connectivity index is 2.12. The van der Waals surface area contributed by atoms with E-state index in [0.29, 0.717) is 12.3 Å². The molecule has 1 heterocycles. The normalized spacial score (nSPS) is 14.6. The van der Waals surface area contributed by atoms with E-state index in [1.54, 1.807) is 24.3 Å². The highest BCUT2D eigenvalue weighted by molar-refractivity contribution is 7.93. The molecule has 0 aromatic heterocycles. The number of ether oxygens (including phenoxy) is 1. The average molecular weight is 303 g/mol. The van der Waals surface area contributed by atoms with Crippen LogP contribution in [-0.4, -0.2) is 22.1 Å². The number of fused-ring (bicyclic) bond motifs is 1. The molecule has 0 amide bonds. The smallest absolute Gasteiger partial charge is 0.268 e. The number of sulfonamides is 1. The maximum Gasteiger partial charge on any atom is 0.268 e. The molecule has 0 saturated heterocycles. The molecular weight excluding hydrogens is 286 g/mol. The Hall–Kier alpha value is -2.01. The third kappa shape index (κ3) is 2.38. The molecule has 1 aliphatic rings. The van der Waals surface area contributed by atoms with Crippen molar-refractivity contribution in [3.05, 3.63) is 54.1 Å². The summed E-state index contributed by atoms with van der Waals surface area (Å²) in [5.74, 6) is 0.376. The number of hydrogen-bond acceptors (Lipinski definition) is 3. The van der Waals surface area contributed by atoms with E-state index in [0.717, 1.165) is 24.1 Å². The number of hydrogen-bond donors (Lipinski definition) is 0. The molecule has 0 unspecified atom stereocenters. The molecule has 0 N–H and O–H groups in total. The second kappa shape index (κ2) is 5.41.